The van der Waals surface area contributed by atoms with Gasteiger partial charge in [-0.15, -0.1) is 10.1 Å². The Bertz CT molecular complexity index is 514. The molecule has 0 unspecified atom stereocenters. The maximum absolute atomic E-state index is 11.9. The van der Waals surface area contributed by atoms with Gasteiger partial charge in [-0.2, -0.15) is 0 Å². The Morgan fingerprint density at radius 3 is 2.52 bits per heavy atom. The number of fused-ring (bicyclic) bond motifs is 5. The summed E-state index contributed by atoms with van der Waals surface area (Å²) in [5.41, 5.74) is 0. The van der Waals surface area contributed by atoms with E-state index in [0.29, 0.717) is 12.3 Å². The van der Waals surface area contributed by atoms with Crippen LogP contribution in [0.4, 0.5) is 0 Å². The molecule has 0 aromatic rings. The van der Waals surface area contributed by atoms with Crippen LogP contribution in [0.15, 0.2) is 12.2 Å². The van der Waals surface area contributed by atoms with Crippen molar-refractivity contribution in [3.8, 4) is 0 Å². The third-order valence-electron chi connectivity index (χ3n) is 5.60. The van der Waals surface area contributed by atoms with Crippen LogP contribution < -0.4 is 0 Å². The first-order valence-electron chi connectivity index (χ1n) is 7.40. The Labute approximate surface area is 122 Å². The van der Waals surface area contributed by atoms with Gasteiger partial charge in [-0.05, 0) is 56.3 Å². The van der Waals surface area contributed by atoms with Gasteiger partial charge in [0.05, 0.1) is 5.92 Å². The summed E-state index contributed by atoms with van der Waals surface area (Å²) in [6.07, 6.45) is 5.22. The Hall–Kier alpha value is -1.72. The van der Waals surface area contributed by atoms with E-state index in [1.165, 1.54) is 13.8 Å². The van der Waals surface area contributed by atoms with Crippen molar-refractivity contribution in [2.75, 3.05) is 0 Å². The Morgan fingerprint density at radius 2 is 1.95 bits per heavy atom. The molecule has 6 atom stereocenters. The molecule has 2 saturated carbocycles. The highest BCUT2D eigenvalue weighted by molar-refractivity contribution is 6.00. The molecule has 21 heavy (non-hydrogen) atoms. The Balaban J connectivity index is 1.93. The lowest BCUT2D eigenvalue weighted by atomic mass is 9.77. The summed E-state index contributed by atoms with van der Waals surface area (Å²) in [4.78, 5) is 39.4. The van der Waals surface area contributed by atoms with Crippen molar-refractivity contribution in [3.63, 3.8) is 0 Å². The topological polar surface area (TPSA) is 86.5 Å². The number of allylic oxidation sites excluding steroid dienone is 2. The van der Waals surface area contributed by atoms with Gasteiger partial charge in [-0.3, -0.25) is 9.59 Å². The van der Waals surface area contributed by atoms with Gasteiger partial charge in [0, 0.05) is 0 Å². The van der Waals surface area contributed by atoms with E-state index >= 15 is 0 Å². The minimum atomic E-state index is -0.740. The van der Waals surface area contributed by atoms with Crippen molar-refractivity contribution >= 4 is 11.6 Å². The van der Waals surface area contributed by atoms with Crippen molar-refractivity contribution in [1.29, 1.82) is 0 Å². The van der Waals surface area contributed by atoms with E-state index in [1.54, 1.807) is 0 Å². The fourth-order valence-corrected chi connectivity index (χ4v) is 5.18. The maximum Gasteiger partial charge on any atom is 0.294 e. The fourth-order valence-electron chi connectivity index (χ4n) is 5.18. The van der Waals surface area contributed by atoms with Gasteiger partial charge in [0.2, 0.25) is 0 Å². The molecule has 3 rings (SSSR count). The highest BCUT2D eigenvalue weighted by atomic mass is 17.0. The molecule has 0 aromatic carbocycles. The van der Waals surface area contributed by atoms with Crippen LogP contribution in [0.1, 0.15) is 26.7 Å². The largest absolute Gasteiger partial charge is 0.310 e. The molecule has 2 bridgehead atoms. The number of ketones is 2. The van der Waals surface area contributed by atoms with Crippen LogP contribution in [0.2, 0.25) is 0 Å². The average molecular weight is 293 g/mol. The lowest BCUT2D eigenvalue weighted by Gasteiger charge is -2.30. The van der Waals surface area contributed by atoms with E-state index in [9.17, 15) is 19.7 Å². The van der Waals surface area contributed by atoms with Crippen LogP contribution in [0.25, 0.3) is 0 Å². The quantitative estimate of drug-likeness (QED) is 0.334. The van der Waals surface area contributed by atoms with Crippen LogP contribution in [0.5, 0.6) is 0 Å². The van der Waals surface area contributed by atoms with E-state index < -0.39 is 17.1 Å². The predicted octanol–water partition coefficient (Wildman–Crippen LogP) is 1.82. The zero-order valence-corrected chi connectivity index (χ0v) is 12.1. The predicted molar refractivity (Wildman–Crippen MR) is 72.5 cm³/mol. The molecule has 2 fully saturated rings. The number of carbonyl (C=O) groups excluding carboxylic acids is 2. The number of nitrogens with zero attached hydrogens (tertiary/aromatic N) is 1. The smallest absolute Gasteiger partial charge is 0.294 e. The summed E-state index contributed by atoms with van der Waals surface area (Å²) in [6.45, 7) is 2.89. The molecule has 0 N–H and O–H groups in total. The first kappa shape index (κ1) is 14.2. The van der Waals surface area contributed by atoms with E-state index in [1.807, 2.05) is 0 Å². The van der Waals surface area contributed by atoms with Gasteiger partial charge in [0.15, 0.2) is 0 Å². The second-order valence-corrected chi connectivity index (χ2v) is 6.53. The van der Waals surface area contributed by atoms with Gasteiger partial charge in [-0.1, -0.05) is 12.2 Å². The summed E-state index contributed by atoms with van der Waals surface area (Å²) in [5.74, 6) is -0.321. The third-order valence-corrected chi connectivity index (χ3v) is 5.60. The van der Waals surface area contributed by atoms with E-state index in [2.05, 4.69) is 12.2 Å². The maximum atomic E-state index is 11.9. The molecule has 114 valence electrons. The molecule has 0 radical (unpaired) electrons. The number of Topliss-reactive ketones (excluding diaryl/α,β-unsaturated/α-hetero) is 2. The third kappa shape index (κ3) is 2.08. The molecule has 3 aliphatic rings. The van der Waals surface area contributed by atoms with Gasteiger partial charge in [-0.25, -0.2) is 0 Å². The average Bonchev–Trinajstić information content (AvgIpc) is 2.98. The minimum absolute atomic E-state index is 0.0711. The SMILES string of the molecule is CC(=O)C(C(C)=O)[C@@H]1[C@H]2C[C@@H](O[N+](=O)[O-])[C@@H]1[C@H]1CC=C[C@@H]21. The van der Waals surface area contributed by atoms with Gasteiger partial charge < -0.3 is 4.84 Å². The monoisotopic (exact) mass is 293 g/mol. The van der Waals surface area contributed by atoms with Crippen molar-refractivity contribution in [2.45, 2.75) is 32.8 Å². The molecule has 6 nitrogen and oxygen atoms in total. The van der Waals surface area contributed by atoms with Gasteiger partial charge >= 0.3 is 0 Å². The molecule has 0 amide bonds. The zero-order chi connectivity index (χ0) is 15.3. The highest BCUT2D eigenvalue weighted by Gasteiger charge is 2.62. The van der Waals surface area contributed by atoms with Gasteiger partial charge in [0.25, 0.3) is 5.09 Å². The highest BCUT2D eigenvalue weighted by Crippen LogP contribution is 2.62. The summed E-state index contributed by atoms with van der Waals surface area (Å²) in [6, 6.07) is 0. The van der Waals surface area contributed by atoms with Crippen LogP contribution in [-0.2, 0) is 14.4 Å². The molecular formula is C15H19NO5. The molecule has 0 heterocycles. The molecule has 0 spiro atoms. The molecule has 0 saturated heterocycles. The van der Waals surface area contributed by atoms with Crippen LogP contribution >= 0.6 is 0 Å². The van der Waals surface area contributed by atoms with E-state index in [-0.39, 0.29) is 35.2 Å². The summed E-state index contributed by atoms with van der Waals surface area (Å²) in [7, 11) is 0. The second-order valence-electron chi connectivity index (χ2n) is 6.53. The Kier molecular flexibility index (Phi) is 3.34. The van der Waals surface area contributed by atoms with E-state index in [0.717, 1.165) is 6.42 Å². The molecule has 3 aliphatic carbocycles. The van der Waals surface area contributed by atoms with Crippen molar-refractivity contribution in [1.82, 2.24) is 0 Å². The fraction of sp³-hybridized carbons (Fsp3) is 0.733. The lowest BCUT2D eigenvalue weighted by molar-refractivity contribution is -0.770. The first-order valence-corrected chi connectivity index (χ1v) is 7.40. The van der Waals surface area contributed by atoms with Crippen molar-refractivity contribution < 1.29 is 19.5 Å². The minimum Gasteiger partial charge on any atom is -0.310 e. The molecular weight excluding hydrogens is 274 g/mol. The van der Waals surface area contributed by atoms with Gasteiger partial charge in [0.1, 0.15) is 17.7 Å². The molecule has 0 aromatic heterocycles. The van der Waals surface area contributed by atoms with Crippen molar-refractivity contribution in [2.24, 2.45) is 35.5 Å². The van der Waals surface area contributed by atoms with Crippen LogP contribution in [-0.4, -0.2) is 22.8 Å². The number of hydrogen-bond acceptors (Lipinski definition) is 5. The lowest BCUT2D eigenvalue weighted by Crippen LogP contribution is -2.36. The summed E-state index contributed by atoms with van der Waals surface area (Å²) < 4.78 is 0. The number of carbonyl (C=O) groups is 2. The summed E-state index contributed by atoms with van der Waals surface area (Å²) in [5, 5.41) is 9.96. The first-order chi connectivity index (χ1) is 9.91. The Morgan fingerprint density at radius 1 is 1.29 bits per heavy atom. The standard InChI is InChI=1S/C15H19NO5/c1-7(17)13(8(2)18)15-11-6-12(21-16(19)20)14(15)10-5-3-4-9(10)11/h3-4,9-15H,5-6H2,1-2H3/t9-,10+,11+,12-,14+,15+/m1/s1. The summed E-state index contributed by atoms with van der Waals surface area (Å²) >= 11 is 0. The van der Waals surface area contributed by atoms with Crippen LogP contribution in [0, 0.1) is 45.6 Å². The molecule has 6 heteroatoms. The zero-order valence-electron chi connectivity index (χ0n) is 12.1. The molecule has 0 aliphatic heterocycles. The number of rotatable bonds is 5. The van der Waals surface area contributed by atoms with Crippen LogP contribution in [0.3, 0.4) is 0 Å². The number of hydrogen-bond donors (Lipinski definition) is 0. The second kappa shape index (κ2) is 4.93. The normalized spacial score (nSPS) is 39.6. The van der Waals surface area contributed by atoms with Crippen molar-refractivity contribution in [3.05, 3.63) is 22.3 Å². The van der Waals surface area contributed by atoms with E-state index in [4.69, 9.17) is 4.84 Å².